The fourth-order valence-corrected chi connectivity index (χ4v) is 4.85. The van der Waals surface area contributed by atoms with Gasteiger partial charge in [0.2, 0.25) is 0 Å². The highest BCUT2D eigenvalue weighted by atomic mass is 35.5. The van der Waals surface area contributed by atoms with E-state index in [0.717, 1.165) is 13.0 Å². The highest BCUT2D eigenvalue weighted by molar-refractivity contribution is 7.51. The van der Waals surface area contributed by atoms with E-state index in [1.807, 2.05) is 6.92 Å². The summed E-state index contributed by atoms with van der Waals surface area (Å²) in [4.78, 5) is 12.9. The van der Waals surface area contributed by atoms with Crippen molar-refractivity contribution in [2.24, 2.45) is 11.8 Å². The first kappa shape index (κ1) is 34.6. The first-order chi connectivity index (χ1) is 19.1. The van der Waals surface area contributed by atoms with Crippen molar-refractivity contribution < 1.29 is 50.1 Å². The second-order valence-electron chi connectivity index (χ2n) is 9.93. The lowest BCUT2D eigenvalue weighted by Gasteiger charge is -2.39. The monoisotopic (exact) mass is 631 g/mol. The van der Waals surface area contributed by atoms with E-state index in [1.165, 1.54) is 16.8 Å². The van der Waals surface area contributed by atoms with Crippen LogP contribution in [0.3, 0.4) is 0 Å². The van der Waals surface area contributed by atoms with E-state index in [-0.39, 0.29) is 53.0 Å². The standard InChI is InChI=1S/C25H31ClF5N3O4.O2S/c1-4-34-21(16-6-5-15(10-14(3)25(29,30)31)11-17(16)38-23(27)28)19(26)20(33-34)22(36)32-12-24(37)8-7-13(2)9-18(24)35;1-3-2/h5-6,11,13-14,18,23,35,37H,4,7-10,12H2,1-3H3,(H,32,36);/t13-,14+,18-,24-;/m0./s1. The Morgan fingerprint density at radius 3 is 2.51 bits per heavy atom. The average Bonchev–Trinajstić information content (AvgIpc) is 3.21. The first-order valence-corrected chi connectivity index (χ1v) is 13.6. The average molecular weight is 632 g/mol. The van der Waals surface area contributed by atoms with Crippen molar-refractivity contribution in [3.05, 3.63) is 34.5 Å². The van der Waals surface area contributed by atoms with Crippen LogP contribution in [0.2, 0.25) is 5.02 Å². The molecule has 1 aliphatic carbocycles. The maximum Gasteiger partial charge on any atom is 0.391 e. The van der Waals surface area contributed by atoms with Crippen molar-refractivity contribution in [3.8, 4) is 17.0 Å². The number of benzene rings is 1. The number of rotatable bonds is 9. The molecule has 1 fully saturated rings. The van der Waals surface area contributed by atoms with Crippen LogP contribution in [0.5, 0.6) is 5.75 Å². The van der Waals surface area contributed by atoms with Crippen LogP contribution in [0, 0.1) is 11.8 Å². The number of aromatic nitrogens is 2. The van der Waals surface area contributed by atoms with Gasteiger partial charge in [-0.25, -0.2) is 0 Å². The predicted octanol–water partition coefficient (Wildman–Crippen LogP) is 4.54. The summed E-state index contributed by atoms with van der Waals surface area (Å²) in [5, 5.41) is 27.6. The minimum atomic E-state index is -4.46. The third-order valence-electron chi connectivity index (χ3n) is 6.90. The van der Waals surface area contributed by atoms with Crippen LogP contribution >= 0.6 is 11.6 Å². The van der Waals surface area contributed by atoms with E-state index in [9.17, 15) is 37.0 Å². The van der Waals surface area contributed by atoms with E-state index < -0.39 is 60.1 Å². The molecule has 4 atom stereocenters. The van der Waals surface area contributed by atoms with E-state index in [2.05, 4.69) is 15.2 Å². The Balaban J connectivity index is 0.00000187. The maximum absolute atomic E-state index is 13.2. The largest absolute Gasteiger partial charge is 0.434 e. The molecule has 2 aromatic rings. The van der Waals surface area contributed by atoms with E-state index in [4.69, 9.17) is 20.0 Å². The molecule has 0 saturated heterocycles. The van der Waals surface area contributed by atoms with Crippen molar-refractivity contribution in [3.63, 3.8) is 0 Å². The predicted molar refractivity (Wildman–Crippen MR) is 139 cm³/mol. The third kappa shape index (κ3) is 8.93. The number of nitrogens with one attached hydrogen (secondary N) is 1. The minimum absolute atomic E-state index is 0.0161. The van der Waals surface area contributed by atoms with Gasteiger partial charge in [-0.2, -0.15) is 35.5 Å². The zero-order valence-electron chi connectivity index (χ0n) is 22.4. The highest BCUT2D eigenvalue weighted by Crippen LogP contribution is 2.39. The van der Waals surface area contributed by atoms with Crippen molar-refractivity contribution in [2.75, 3.05) is 6.54 Å². The van der Waals surface area contributed by atoms with Crippen LogP contribution < -0.4 is 10.1 Å². The number of carbonyl (C=O) groups is 1. The molecular weight excluding hydrogens is 601 g/mol. The molecule has 0 unspecified atom stereocenters. The van der Waals surface area contributed by atoms with E-state index in [1.54, 1.807) is 6.92 Å². The smallest absolute Gasteiger partial charge is 0.391 e. The number of carbonyl (C=O) groups excluding carboxylic acids is 1. The lowest BCUT2D eigenvalue weighted by Crippen LogP contribution is -2.54. The number of hydrogen-bond acceptors (Lipinski definition) is 7. The molecule has 9 nitrogen and oxygen atoms in total. The second-order valence-corrected chi connectivity index (χ2v) is 10.4. The van der Waals surface area contributed by atoms with Gasteiger partial charge in [-0.05, 0) is 56.2 Å². The van der Waals surface area contributed by atoms with Gasteiger partial charge in [0, 0.05) is 18.7 Å². The number of amides is 1. The topological polar surface area (TPSA) is 131 Å². The van der Waals surface area contributed by atoms with Crippen LogP contribution in [-0.2, 0) is 24.5 Å². The highest BCUT2D eigenvalue weighted by Gasteiger charge is 2.41. The molecular formula is C25H31ClF5N3O6S. The zero-order chi connectivity index (χ0) is 31.1. The molecule has 16 heteroatoms. The summed E-state index contributed by atoms with van der Waals surface area (Å²) >= 11 is 5.74. The minimum Gasteiger partial charge on any atom is -0.434 e. The molecule has 1 aliphatic rings. The molecule has 3 N–H and O–H groups in total. The molecule has 230 valence electrons. The van der Waals surface area contributed by atoms with Gasteiger partial charge < -0.3 is 20.3 Å². The molecule has 1 aromatic carbocycles. The van der Waals surface area contributed by atoms with Crippen molar-refractivity contribution >= 4 is 29.1 Å². The molecule has 3 rings (SSSR count). The molecule has 0 spiro atoms. The molecule has 0 bridgehead atoms. The SMILES string of the molecule is CCn1nc(C(=O)NC[C@@]2(O)CC[C@H](C)C[C@@H]2O)c(Cl)c1-c1ccc(C[C@@H](C)C(F)(F)F)cc1OC(F)F.O=S=O. The summed E-state index contributed by atoms with van der Waals surface area (Å²) in [6.45, 7) is 1.26. The van der Waals surface area contributed by atoms with Gasteiger partial charge in [-0.3, -0.25) is 9.48 Å². The van der Waals surface area contributed by atoms with Gasteiger partial charge in [-0.15, -0.1) is 0 Å². The molecule has 1 amide bonds. The zero-order valence-corrected chi connectivity index (χ0v) is 24.0. The second kappa shape index (κ2) is 14.5. The Morgan fingerprint density at radius 1 is 1.34 bits per heavy atom. The number of nitrogens with zero attached hydrogens (tertiary/aromatic N) is 2. The Labute approximate surface area is 241 Å². The Kier molecular flexibility index (Phi) is 12.2. The lowest BCUT2D eigenvalue weighted by molar-refractivity contribution is -0.169. The summed E-state index contributed by atoms with van der Waals surface area (Å²) < 4.78 is 88.0. The summed E-state index contributed by atoms with van der Waals surface area (Å²) in [7, 11) is 0. The molecule has 0 aliphatic heterocycles. The summed E-state index contributed by atoms with van der Waals surface area (Å²) in [5.74, 6) is -2.65. The quantitative estimate of drug-likeness (QED) is 0.347. The van der Waals surface area contributed by atoms with Gasteiger partial charge in [0.15, 0.2) is 5.69 Å². The van der Waals surface area contributed by atoms with Crippen LogP contribution in [0.25, 0.3) is 11.3 Å². The van der Waals surface area contributed by atoms with Crippen molar-refractivity contribution in [2.45, 2.75) is 77.5 Å². The normalized spacial score (nSPS) is 21.6. The van der Waals surface area contributed by atoms with E-state index in [0.29, 0.717) is 12.8 Å². The third-order valence-corrected chi connectivity index (χ3v) is 7.26. The molecule has 0 radical (unpaired) electrons. The molecule has 1 aromatic heterocycles. The number of aryl methyl sites for hydroxylation is 1. The number of aliphatic hydroxyl groups excluding tert-OH is 1. The van der Waals surface area contributed by atoms with Crippen LogP contribution in [0.4, 0.5) is 22.0 Å². The van der Waals surface area contributed by atoms with Crippen molar-refractivity contribution in [1.82, 2.24) is 15.1 Å². The summed E-state index contributed by atoms with van der Waals surface area (Å²) in [6, 6.07) is 3.74. The van der Waals surface area contributed by atoms with Crippen molar-refractivity contribution in [1.29, 1.82) is 0 Å². The van der Waals surface area contributed by atoms with Gasteiger partial charge in [0.25, 0.3) is 5.91 Å². The number of ether oxygens (including phenoxy) is 1. The van der Waals surface area contributed by atoms with Gasteiger partial charge in [0.05, 0.1) is 22.7 Å². The molecule has 41 heavy (non-hydrogen) atoms. The number of alkyl halides is 5. The maximum atomic E-state index is 13.2. The Hall–Kier alpha value is -2.62. The number of halogens is 6. The molecule has 1 saturated carbocycles. The van der Waals surface area contributed by atoms with Crippen LogP contribution in [0.15, 0.2) is 18.2 Å². The van der Waals surface area contributed by atoms with Crippen LogP contribution in [0.1, 0.15) is 56.1 Å². The van der Waals surface area contributed by atoms with E-state index >= 15 is 0 Å². The fourth-order valence-electron chi connectivity index (χ4n) is 4.53. The summed E-state index contributed by atoms with van der Waals surface area (Å²) in [6.07, 6.45) is -4.61. The lowest BCUT2D eigenvalue weighted by atomic mass is 9.77. The van der Waals surface area contributed by atoms with Gasteiger partial charge >= 0.3 is 24.4 Å². The van der Waals surface area contributed by atoms with Crippen LogP contribution in [-0.4, -0.2) is 65.4 Å². The number of aliphatic hydroxyl groups is 2. The Bertz CT molecular complexity index is 1240. The van der Waals surface area contributed by atoms with Gasteiger partial charge in [0.1, 0.15) is 11.4 Å². The van der Waals surface area contributed by atoms with Gasteiger partial charge in [-0.1, -0.05) is 31.5 Å². The molecule has 1 heterocycles. The first-order valence-electron chi connectivity index (χ1n) is 12.6. The fraction of sp³-hybridized carbons (Fsp3) is 0.600. The summed E-state index contributed by atoms with van der Waals surface area (Å²) in [5.41, 5.74) is -1.56. The Morgan fingerprint density at radius 2 is 1.98 bits per heavy atom. The number of hydrogen-bond donors (Lipinski definition) is 3.